The van der Waals surface area contributed by atoms with E-state index in [9.17, 15) is 4.21 Å². The molecule has 3 atom stereocenters. The lowest BCUT2D eigenvalue weighted by Crippen LogP contribution is -2.23. The lowest BCUT2D eigenvalue weighted by molar-refractivity contribution is 0.420. The van der Waals surface area contributed by atoms with Crippen LogP contribution in [0.2, 0.25) is 0 Å². The maximum absolute atomic E-state index is 11.5. The minimum Gasteiger partial charge on any atom is -0.259 e. The predicted molar refractivity (Wildman–Crippen MR) is 50.0 cm³/mol. The van der Waals surface area contributed by atoms with Crippen LogP contribution < -0.4 is 0 Å². The SMILES string of the molecule is CCC1CCS(=O)C1C(C)C. The molecule has 1 aliphatic rings. The van der Waals surface area contributed by atoms with Gasteiger partial charge in [0.05, 0.1) is 0 Å². The van der Waals surface area contributed by atoms with E-state index in [2.05, 4.69) is 20.8 Å². The van der Waals surface area contributed by atoms with Gasteiger partial charge in [-0.2, -0.15) is 0 Å². The van der Waals surface area contributed by atoms with Crippen molar-refractivity contribution in [3.63, 3.8) is 0 Å². The van der Waals surface area contributed by atoms with Crippen LogP contribution in [0.15, 0.2) is 0 Å². The molecule has 66 valence electrons. The summed E-state index contributed by atoms with van der Waals surface area (Å²) in [6.45, 7) is 6.59. The van der Waals surface area contributed by atoms with Crippen molar-refractivity contribution in [1.82, 2.24) is 0 Å². The zero-order valence-electron chi connectivity index (χ0n) is 7.67. The van der Waals surface area contributed by atoms with Gasteiger partial charge in [0, 0.05) is 21.8 Å². The first kappa shape index (κ1) is 9.24. The van der Waals surface area contributed by atoms with Gasteiger partial charge in [0.2, 0.25) is 0 Å². The number of hydrogen-bond acceptors (Lipinski definition) is 1. The second-order valence-corrected chi connectivity index (χ2v) is 5.46. The average molecular weight is 174 g/mol. The van der Waals surface area contributed by atoms with Crippen molar-refractivity contribution >= 4 is 10.8 Å². The first-order chi connectivity index (χ1) is 5.16. The fourth-order valence-electron chi connectivity index (χ4n) is 2.07. The van der Waals surface area contributed by atoms with Crippen LogP contribution >= 0.6 is 0 Å². The molecule has 1 heterocycles. The Bertz CT molecular complexity index is 154. The summed E-state index contributed by atoms with van der Waals surface area (Å²) in [5.74, 6) is 2.28. The minimum absolute atomic E-state index is 0.486. The molecule has 1 nitrogen and oxygen atoms in total. The van der Waals surface area contributed by atoms with Gasteiger partial charge in [0.1, 0.15) is 0 Å². The molecule has 0 spiro atoms. The Morgan fingerprint density at radius 1 is 1.55 bits per heavy atom. The molecule has 0 amide bonds. The van der Waals surface area contributed by atoms with E-state index < -0.39 is 10.8 Å². The zero-order valence-corrected chi connectivity index (χ0v) is 8.49. The summed E-state index contributed by atoms with van der Waals surface area (Å²) in [7, 11) is -0.521. The molecule has 0 radical (unpaired) electrons. The van der Waals surface area contributed by atoms with Crippen LogP contribution in [-0.2, 0) is 10.8 Å². The van der Waals surface area contributed by atoms with E-state index in [1.54, 1.807) is 0 Å². The van der Waals surface area contributed by atoms with Gasteiger partial charge in [-0.25, -0.2) is 0 Å². The highest BCUT2D eigenvalue weighted by Crippen LogP contribution is 2.31. The smallest absolute Gasteiger partial charge is 0.0399 e. The lowest BCUT2D eigenvalue weighted by Gasteiger charge is -2.19. The van der Waals surface area contributed by atoms with Crippen molar-refractivity contribution < 1.29 is 4.21 Å². The highest BCUT2D eigenvalue weighted by Gasteiger charge is 2.34. The van der Waals surface area contributed by atoms with E-state index in [-0.39, 0.29) is 0 Å². The fourth-order valence-corrected chi connectivity index (χ4v) is 4.24. The van der Waals surface area contributed by atoms with Crippen LogP contribution in [0.4, 0.5) is 0 Å². The summed E-state index contributed by atoms with van der Waals surface area (Å²) >= 11 is 0. The molecule has 1 fully saturated rings. The molecule has 0 N–H and O–H groups in total. The normalized spacial score (nSPS) is 38.4. The molecular formula is C9H18OS. The van der Waals surface area contributed by atoms with Crippen LogP contribution in [-0.4, -0.2) is 15.2 Å². The molecule has 0 aliphatic carbocycles. The van der Waals surface area contributed by atoms with Gasteiger partial charge in [-0.05, 0) is 18.3 Å². The highest BCUT2D eigenvalue weighted by atomic mass is 32.2. The topological polar surface area (TPSA) is 17.1 Å². The van der Waals surface area contributed by atoms with E-state index in [0.29, 0.717) is 11.2 Å². The molecule has 3 unspecified atom stereocenters. The van der Waals surface area contributed by atoms with Gasteiger partial charge in [-0.15, -0.1) is 0 Å². The van der Waals surface area contributed by atoms with Crippen molar-refractivity contribution in [2.75, 3.05) is 5.75 Å². The highest BCUT2D eigenvalue weighted by molar-refractivity contribution is 7.85. The van der Waals surface area contributed by atoms with Crippen LogP contribution in [0, 0.1) is 11.8 Å². The first-order valence-electron chi connectivity index (χ1n) is 4.54. The van der Waals surface area contributed by atoms with Crippen LogP contribution in [0.25, 0.3) is 0 Å². The Morgan fingerprint density at radius 2 is 2.18 bits per heavy atom. The van der Waals surface area contributed by atoms with E-state index in [0.717, 1.165) is 11.7 Å². The van der Waals surface area contributed by atoms with Crippen LogP contribution in [0.3, 0.4) is 0 Å². The minimum atomic E-state index is -0.521. The first-order valence-corrected chi connectivity index (χ1v) is 5.92. The predicted octanol–water partition coefficient (Wildman–Crippen LogP) is 2.19. The van der Waals surface area contributed by atoms with Gasteiger partial charge in [0.15, 0.2) is 0 Å². The molecule has 1 rings (SSSR count). The van der Waals surface area contributed by atoms with E-state index in [1.165, 1.54) is 12.8 Å². The van der Waals surface area contributed by atoms with Gasteiger partial charge in [-0.3, -0.25) is 4.21 Å². The standard InChI is InChI=1S/C9H18OS/c1-4-8-5-6-11(10)9(8)7(2)3/h7-9H,4-6H2,1-3H3. The van der Waals surface area contributed by atoms with Gasteiger partial charge < -0.3 is 0 Å². The summed E-state index contributed by atoms with van der Waals surface area (Å²) < 4.78 is 11.5. The van der Waals surface area contributed by atoms with Crippen LogP contribution in [0.5, 0.6) is 0 Å². The molecule has 2 heteroatoms. The van der Waals surface area contributed by atoms with Gasteiger partial charge >= 0.3 is 0 Å². The van der Waals surface area contributed by atoms with Crippen molar-refractivity contribution in [3.8, 4) is 0 Å². The molecular weight excluding hydrogens is 156 g/mol. The Morgan fingerprint density at radius 3 is 2.55 bits per heavy atom. The molecule has 0 aromatic heterocycles. The molecule has 1 saturated heterocycles. The summed E-state index contributed by atoms with van der Waals surface area (Å²) in [6, 6.07) is 0. The number of hydrogen-bond donors (Lipinski definition) is 0. The molecule has 11 heavy (non-hydrogen) atoms. The lowest BCUT2D eigenvalue weighted by atomic mass is 9.92. The van der Waals surface area contributed by atoms with E-state index in [4.69, 9.17) is 0 Å². The van der Waals surface area contributed by atoms with Crippen molar-refractivity contribution in [3.05, 3.63) is 0 Å². The third-order valence-corrected chi connectivity index (χ3v) is 4.81. The van der Waals surface area contributed by atoms with Gasteiger partial charge in [0.25, 0.3) is 0 Å². The zero-order chi connectivity index (χ0) is 8.43. The molecule has 0 aromatic rings. The largest absolute Gasteiger partial charge is 0.259 e. The average Bonchev–Trinajstić information content (AvgIpc) is 2.30. The van der Waals surface area contributed by atoms with Crippen molar-refractivity contribution in [2.24, 2.45) is 11.8 Å². The summed E-state index contributed by atoms with van der Waals surface area (Å²) in [5, 5.41) is 0.486. The Hall–Kier alpha value is 0.150. The van der Waals surface area contributed by atoms with Crippen molar-refractivity contribution in [1.29, 1.82) is 0 Å². The third-order valence-electron chi connectivity index (χ3n) is 2.64. The van der Waals surface area contributed by atoms with Gasteiger partial charge in [-0.1, -0.05) is 27.2 Å². The van der Waals surface area contributed by atoms with Crippen LogP contribution in [0.1, 0.15) is 33.6 Å². The molecule has 0 aromatic carbocycles. The number of rotatable bonds is 2. The van der Waals surface area contributed by atoms with E-state index >= 15 is 0 Å². The maximum atomic E-state index is 11.5. The van der Waals surface area contributed by atoms with E-state index in [1.807, 2.05) is 0 Å². The summed E-state index contributed by atoms with van der Waals surface area (Å²) in [6.07, 6.45) is 2.39. The Balaban J connectivity index is 2.63. The molecule has 0 bridgehead atoms. The quantitative estimate of drug-likeness (QED) is 0.627. The molecule has 0 saturated carbocycles. The summed E-state index contributed by atoms with van der Waals surface area (Å²) in [4.78, 5) is 0. The molecule has 1 aliphatic heterocycles. The Kier molecular flexibility index (Phi) is 3.11. The second kappa shape index (κ2) is 3.70. The Labute approximate surface area is 72.0 Å². The second-order valence-electron chi connectivity index (χ2n) is 3.75. The maximum Gasteiger partial charge on any atom is 0.0399 e. The van der Waals surface area contributed by atoms with Crippen molar-refractivity contribution in [2.45, 2.75) is 38.9 Å². The fraction of sp³-hybridized carbons (Fsp3) is 1.00. The summed E-state index contributed by atoms with van der Waals surface area (Å²) in [5.41, 5.74) is 0. The monoisotopic (exact) mass is 174 g/mol. The third kappa shape index (κ3) is 1.84.